The normalized spacial score (nSPS) is 10.4. The summed E-state index contributed by atoms with van der Waals surface area (Å²) in [5.41, 5.74) is 2.39. The average molecular weight is 338 g/mol. The highest BCUT2D eigenvalue weighted by Gasteiger charge is 2.09. The molecule has 0 saturated heterocycles. The fourth-order valence-electron chi connectivity index (χ4n) is 1.88. The number of nitrogens with zero attached hydrogens (tertiary/aromatic N) is 1. The van der Waals surface area contributed by atoms with Gasteiger partial charge in [-0.2, -0.15) is 0 Å². The second-order valence-corrected chi connectivity index (χ2v) is 5.17. The fraction of sp³-hybridized carbons (Fsp3) is 0.267. The first-order chi connectivity index (χ1) is 9.63. The van der Waals surface area contributed by atoms with Crippen molar-refractivity contribution in [2.45, 2.75) is 20.1 Å². The van der Waals surface area contributed by atoms with Crippen molar-refractivity contribution in [2.24, 2.45) is 0 Å². The number of methoxy groups -OCH3 is 1. The number of rotatable bonds is 5. The maximum atomic E-state index is 9.33. The summed E-state index contributed by atoms with van der Waals surface area (Å²) in [6.45, 7) is 2.15. The molecule has 1 heterocycles. The number of aromatic nitrogens is 1. The Labute approximate surface area is 126 Å². The molecule has 0 aliphatic carbocycles. The zero-order valence-corrected chi connectivity index (χ0v) is 13.0. The van der Waals surface area contributed by atoms with Gasteiger partial charge in [-0.3, -0.25) is 4.98 Å². The number of hydrogen-bond donors (Lipinski definition) is 1. The van der Waals surface area contributed by atoms with Gasteiger partial charge in [-0.25, -0.2) is 0 Å². The lowest BCUT2D eigenvalue weighted by Gasteiger charge is -2.12. The summed E-state index contributed by atoms with van der Waals surface area (Å²) in [6, 6.07) is 9.25. The summed E-state index contributed by atoms with van der Waals surface area (Å²) in [6.07, 6.45) is 0. The first-order valence-electron chi connectivity index (χ1n) is 6.16. The zero-order chi connectivity index (χ0) is 14.5. The largest absolute Gasteiger partial charge is 0.497 e. The van der Waals surface area contributed by atoms with Crippen molar-refractivity contribution in [2.75, 3.05) is 7.11 Å². The molecule has 0 unspecified atom stereocenters. The SMILES string of the molecule is COc1cc(C)nc(COc2c(Br)cccc2CO)c1. The van der Waals surface area contributed by atoms with E-state index in [-0.39, 0.29) is 6.61 Å². The third-order valence-electron chi connectivity index (χ3n) is 2.80. The van der Waals surface area contributed by atoms with Crippen molar-refractivity contribution in [1.29, 1.82) is 0 Å². The molecule has 1 aromatic heterocycles. The zero-order valence-electron chi connectivity index (χ0n) is 11.4. The molecular weight excluding hydrogens is 322 g/mol. The number of aliphatic hydroxyl groups excluding tert-OH is 1. The number of halogens is 1. The second kappa shape index (κ2) is 6.72. The van der Waals surface area contributed by atoms with Crippen LogP contribution >= 0.6 is 15.9 Å². The van der Waals surface area contributed by atoms with Crippen LogP contribution in [0.5, 0.6) is 11.5 Å². The Kier molecular flexibility index (Phi) is 4.98. The Bertz CT molecular complexity index is 602. The lowest BCUT2D eigenvalue weighted by atomic mass is 10.2. The number of aryl methyl sites for hydroxylation is 1. The fourth-order valence-corrected chi connectivity index (χ4v) is 2.40. The van der Waals surface area contributed by atoms with E-state index in [9.17, 15) is 5.11 Å². The molecule has 4 nitrogen and oxygen atoms in total. The van der Waals surface area contributed by atoms with Crippen molar-refractivity contribution in [3.63, 3.8) is 0 Å². The number of pyridine rings is 1. The molecule has 20 heavy (non-hydrogen) atoms. The van der Waals surface area contributed by atoms with E-state index in [1.165, 1.54) is 0 Å². The third-order valence-corrected chi connectivity index (χ3v) is 3.42. The van der Waals surface area contributed by atoms with Crippen LogP contribution in [0, 0.1) is 6.92 Å². The molecule has 5 heteroatoms. The minimum atomic E-state index is -0.0701. The van der Waals surface area contributed by atoms with Gasteiger partial charge in [-0.15, -0.1) is 0 Å². The van der Waals surface area contributed by atoms with Gasteiger partial charge < -0.3 is 14.6 Å². The lowest BCUT2D eigenvalue weighted by molar-refractivity contribution is 0.256. The van der Waals surface area contributed by atoms with Gasteiger partial charge in [0.15, 0.2) is 0 Å². The van der Waals surface area contributed by atoms with Crippen molar-refractivity contribution in [1.82, 2.24) is 4.98 Å². The molecule has 2 rings (SSSR count). The number of ether oxygens (including phenoxy) is 2. The van der Waals surface area contributed by atoms with Crippen molar-refractivity contribution in [3.05, 3.63) is 51.8 Å². The van der Waals surface area contributed by atoms with Gasteiger partial charge in [0.05, 0.1) is 23.9 Å². The van der Waals surface area contributed by atoms with Gasteiger partial charge in [-0.1, -0.05) is 12.1 Å². The van der Waals surface area contributed by atoms with Gasteiger partial charge in [0.25, 0.3) is 0 Å². The highest BCUT2D eigenvalue weighted by Crippen LogP contribution is 2.30. The number of benzene rings is 1. The van der Waals surface area contributed by atoms with Gasteiger partial charge in [0.1, 0.15) is 18.1 Å². The first-order valence-corrected chi connectivity index (χ1v) is 6.96. The van der Waals surface area contributed by atoms with Crippen LogP contribution in [-0.2, 0) is 13.2 Å². The monoisotopic (exact) mass is 337 g/mol. The van der Waals surface area contributed by atoms with Crippen LogP contribution in [-0.4, -0.2) is 17.2 Å². The highest BCUT2D eigenvalue weighted by atomic mass is 79.9. The average Bonchev–Trinajstić information content (AvgIpc) is 2.45. The third kappa shape index (κ3) is 3.49. The van der Waals surface area contributed by atoms with Crippen molar-refractivity contribution in [3.8, 4) is 11.5 Å². The van der Waals surface area contributed by atoms with E-state index in [1.807, 2.05) is 37.3 Å². The number of hydrogen-bond acceptors (Lipinski definition) is 4. The van der Waals surface area contributed by atoms with E-state index in [4.69, 9.17) is 9.47 Å². The topological polar surface area (TPSA) is 51.6 Å². The van der Waals surface area contributed by atoms with E-state index in [2.05, 4.69) is 20.9 Å². The van der Waals surface area contributed by atoms with Crippen molar-refractivity contribution >= 4 is 15.9 Å². The molecule has 0 radical (unpaired) electrons. The van der Waals surface area contributed by atoms with Crippen LogP contribution in [0.3, 0.4) is 0 Å². The van der Waals surface area contributed by atoms with Crippen LogP contribution in [0.2, 0.25) is 0 Å². The maximum absolute atomic E-state index is 9.33. The van der Waals surface area contributed by atoms with Crippen LogP contribution in [0.15, 0.2) is 34.8 Å². The van der Waals surface area contributed by atoms with E-state index < -0.39 is 0 Å². The molecule has 0 aliphatic rings. The van der Waals surface area contributed by atoms with Crippen molar-refractivity contribution < 1.29 is 14.6 Å². The summed E-state index contributed by atoms with van der Waals surface area (Å²) in [4.78, 5) is 4.40. The molecule has 0 atom stereocenters. The van der Waals surface area contributed by atoms with Crippen LogP contribution in [0.4, 0.5) is 0 Å². The minimum absolute atomic E-state index is 0.0701. The molecule has 0 aliphatic heterocycles. The summed E-state index contributed by atoms with van der Waals surface area (Å²) in [5.74, 6) is 1.39. The van der Waals surface area contributed by atoms with E-state index in [1.54, 1.807) is 7.11 Å². The van der Waals surface area contributed by atoms with Gasteiger partial charge >= 0.3 is 0 Å². The lowest BCUT2D eigenvalue weighted by Crippen LogP contribution is -2.03. The molecule has 0 saturated carbocycles. The molecule has 2 aromatic rings. The smallest absolute Gasteiger partial charge is 0.139 e. The Morgan fingerprint density at radius 1 is 1.30 bits per heavy atom. The number of aliphatic hydroxyl groups is 1. The molecule has 0 bridgehead atoms. The van der Waals surface area contributed by atoms with E-state index in [0.717, 1.165) is 27.2 Å². The highest BCUT2D eigenvalue weighted by molar-refractivity contribution is 9.10. The van der Waals surface area contributed by atoms with Crippen LogP contribution in [0.1, 0.15) is 17.0 Å². The second-order valence-electron chi connectivity index (χ2n) is 4.31. The molecule has 0 amide bonds. The Morgan fingerprint density at radius 3 is 2.80 bits per heavy atom. The predicted octanol–water partition coefficient (Wildman–Crippen LogP) is 3.23. The summed E-state index contributed by atoms with van der Waals surface area (Å²) in [5, 5.41) is 9.33. The first kappa shape index (κ1) is 14.8. The van der Waals surface area contributed by atoms with Gasteiger partial charge in [0, 0.05) is 23.4 Å². The Balaban J connectivity index is 2.19. The summed E-state index contributed by atoms with van der Waals surface area (Å²) in [7, 11) is 1.62. The van der Waals surface area contributed by atoms with E-state index in [0.29, 0.717) is 12.4 Å². The Morgan fingerprint density at radius 2 is 2.10 bits per heavy atom. The van der Waals surface area contributed by atoms with Crippen LogP contribution in [0.25, 0.3) is 0 Å². The Hall–Kier alpha value is -1.59. The molecule has 1 aromatic carbocycles. The van der Waals surface area contributed by atoms with Crippen LogP contribution < -0.4 is 9.47 Å². The summed E-state index contributed by atoms with van der Waals surface area (Å²) < 4.78 is 11.8. The molecule has 106 valence electrons. The molecule has 0 fully saturated rings. The molecule has 0 spiro atoms. The summed E-state index contributed by atoms with van der Waals surface area (Å²) >= 11 is 3.42. The maximum Gasteiger partial charge on any atom is 0.139 e. The quantitative estimate of drug-likeness (QED) is 0.909. The minimum Gasteiger partial charge on any atom is -0.497 e. The predicted molar refractivity (Wildman–Crippen MR) is 79.9 cm³/mol. The molecular formula is C15H16BrNO3. The van der Waals surface area contributed by atoms with E-state index >= 15 is 0 Å². The standard InChI is InChI=1S/C15H16BrNO3/c1-10-6-13(19-2)7-12(17-10)9-20-15-11(8-18)4-3-5-14(15)16/h3-7,18H,8-9H2,1-2H3. The van der Waals surface area contributed by atoms with Gasteiger partial charge in [0.2, 0.25) is 0 Å². The number of para-hydroxylation sites is 1. The molecule has 1 N–H and O–H groups in total. The van der Waals surface area contributed by atoms with Gasteiger partial charge in [-0.05, 0) is 28.9 Å².